The lowest BCUT2D eigenvalue weighted by Gasteiger charge is -2.42. The van der Waals surface area contributed by atoms with Gasteiger partial charge in [0, 0.05) is 56.7 Å². The SMILES string of the molecule is O=C(c1ccc2n(c1=O)C[C@H]1C[C@@H]2CN(c2ncccn2)C1)N1C[C@H]2CCC[C@H]2C1. The van der Waals surface area contributed by atoms with Gasteiger partial charge in [-0.25, -0.2) is 9.97 Å². The van der Waals surface area contributed by atoms with Crippen LogP contribution < -0.4 is 10.5 Å². The molecule has 3 aliphatic heterocycles. The minimum atomic E-state index is -0.103. The molecule has 5 heterocycles. The lowest BCUT2D eigenvalue weighted by atomic mass is 9.83. The van der Waals surface area contributed by atoms with Crippen molar-refractivity contribution in [2.45, 2.75) is 38.1 Å². The van der Waals surface area contributed by atoms with Crippen LogP contribution in [-0.2, 0) is 6.54 Å². The van der Waals surface area contributed by atoms with Crippen LogP contribution in [0.3, 0.4) is 0 Å². The Morgan fingerprint density at radius 2 is 1.73 bits per heavy atom. The monoisotopic (exact) mass is 405 g/mol. The van der Waals surface area contributed by atoms with E-state index in [0.717, 1.165) is 44.2 Å². The van der Waals surface area contributed by atoms with E-state index in [4.69, 9.17) is 0 Å². The van der Waals surface area contributed by atoms with Crippen molar-refractivity contribution in [3.8, 4) is 0 Å². The van der Waals surface area contributed by atoms with E-state index in [1.165, 1.54) is 19.3 Å². The first-order valence-corrected chi connectivity index (χ1v) is 11.2. The van der Waals surface area contributed by atoms with Gasteiger partial charge in [-0.1, -0.05) is 6.42 Å². The summed E-state index contributed by atoms with van der Waals surface area (Å²) >= 11 is 0. The van der Waals surface area contributed by atoms with E-state index in [1.54, 1.807) is 18.5 Å². The Morgan fingerprint density at radius 1 is 0.967 bits per heavy atom. The molecule has 2 aromatic rings. The number of pyridine rings is 1. The quantitative estimate of drug-likeness (QED) is 0.766. The highest BCUT2D eigenvalue weighted by atomic mass is 16.2. The molecule has 4 atom stereocenters. The maximum absolute atomic E-state index is 13.3. The van der Waals surface area contributed by atoms with Gasteiger partial charge in [0.25, 0.3) is 11.5 Å². The van der Waals surface area contributed by atoms with Gasteiger partial charge in [0.15, 0.2) is 0 Å². The molecular weight excluding hydrogens is 378 g/mol. The minimum Gasteiger partial charge on any atom is -0.340 e. The summed E-state index contributed by atoms with van der Waals surface area (Å²) in [5.74, 6) is 2.60. The lowest BCUT2D eigenvalue weighted by Crippen LogP contribution is -2.48. The van der Waals surface area contributed by atoms with Gasteiger partial charge < -0.3 is 14.4 Å². The van der Waals surface area contributed by atoms with E-state index in [-0.39, 0.29) is 17.4 Å². The Labute approximate surface area is 175 Å². The second-order valence-corrected chi connectivity index (χ2v) is 9.50. The number of hydrogen-bond donors (Lipinski definition) is 0. The third-order valence-corrected chi connectivity index (χ3v) is 7.68. The predicted molar refractivity (Wildman–Crippen MR) is 113 cm³/mol. The van der Waals surface area contributed by atoms with E-state index >= 15 is 0 Å². The van der Waals surface area contributed by atoms with Crippen molar-refractivity contribution < 1.29 is 4.79 Å². The summed E-state index contributed by atoms with van der Waals surface area (Å²) in [6.45, 7) is 3.97. The summed E-state index contributed by atoms with van der Waals surface area (Å²) in [5, 5.41) is 0. The Balaban J connectivity index is 1.27. The number of carbonyl (C=O) groups excluding carboxylic acids is 1. The molecule has 0 N–H and O–H groups in total. The molecule has 156 valence electrons. The number of rotatable bonds is 2. The molecule has 1 amide bonds. The Kier molecular flexibility index (Phi) is 4.18. The molecule has 7 heteroatoms. The van der Waals surface area contributed by atoms with E-state index in [9.17, 15) is 9.59 Å². The molecule has 0 unspecified atom stereocenters. The fraction of sp³-hybridized carbons (Fsp3) is 0.565. The molecule has 7 nitrogen and oxygen atoms in total. The fourth-order valence-electron chi connectivity index (χ4n) is 6.30. The summed E-state index contributed by atoms with van der Waals surface area (Å²) < 4.78 is 1.88. The number of carbonyl (C=O) groups is 1. The molecule has 4 aliphatic rings. The summed E-state index contributed by atoms with van der Waals surface area (Å²) in [6, 6.07) is 5.62. The van der Waals surface area contributed by atoms with Gasteiger partial charge >= 0.3 is 0 Å². The first kappa shape index (κ1) is 18.1. The molecule has 6 rings (SSSR count). The number of likely N-dealkylation sites (tertiary alicyclic amines) is 1. The summed E-state index contributed by atoms with van der Waals surface area (Å²) in [5.41, 5.74) is 1.29. The van der Waals surface area contributed by atoms with Crippen LogP contribution in [0.4, 0.5) is 5.95 Å². The van der Waals surface area contributed by atoms with Crippen LogP contribution in [-0.4, -0.2) is 51.5 Å². The molecule has 1 aliphatic carbocycles. The first-order valence-electron chi connectivity index (χ1n) is 11.2. The minimum absolute atomic E-state index is 0.0697. The molecular formula is C23H27N5O2. The number of fused-ring (bicyclic) bond motifs is 5. The van der Waals surface area contributed by atoms with Gasteiger partial charge in [0.2, 0.25) is 5.95 Å². The number of hydrogen-bond acceptors (Lipinski definition) is 5. The van der Waals surface area contributed by atoms with Gasteiger partial charge in [0.1, 0.15) is 5.56 Å². The fourth-order valence-corrected chi connectivity index (χ4v) is 6.30. The van der Waals surface area contributed by atoms with E-state index < -0.39 is 0 Å². The molecule has 0 spiro atoms. The number of piperidine rings is 1. The highest BCUT2D eigenvalue weighted by molar-refractivity contribution is 5.94. The zero-order valence-electron chi connectivity index (χ0n) is 17.1. The first-order chi connectivity index (χ1) is 14.7. The average molecular weight is 406 g/mol. The van der Waals surface area contributed by atoms with Crippen LogP contribution in [0.25, 0.3) is 0 Å². The topological polar surface area (TPSA) is 71.3 Å². The largest absolute Gasteiger partial charge is 0.340 e. The maximum Gasteiger partial charge on any atom is 0.263 e. The van der Waals surface area contributed by atoms with Crippen LogP contribution in [0.2, 0.25) is 0 Å². The van der Waals surface area contributed by atoms with Crippen molar-refractivity contribution in [1.29, 1.82) is 0 Å². The molecule has 2 saturated heterocycles. The Bertz CT molecular complexity index is 1020. The van der Waals surface area contributed by atoms with E-state index in [1.807, 2.05) is 21.6 Å². The molecule has 2 bridgehead atoms. The summed E-state index contributed by atoms with van der Waals surface area (Å²) in [6.07, 6.45) is 8.36. The zero-order valence-corrected chi connectivity index (χ0v) is 17.1. The third-order valence-electron chi connectivity index (χ3n) is 7.68. The molecule has 1 saturated carbocycles. The molecule has 30 heavy (non-hydrogen) atoms. The van der Waals surface area contributed by atoms with Gasteiger partial charge in [-0.05, 0) is 55.2 Å². The third kappa shape index (κ3) is 2.86. The number of aromatic nitrogens is 3. The van der Waals surface area contributed by atoms with Gasteiger partial charge in [-0.3, -0.25) is 9.59 Å². The number of nitrogens with zero attached hydrogens (tertiary/aromatic N) is 5. The molecule has 0 aromatic carbocycles. The van der Waals surface area contributed by atoms with E-state index in [0.29, 0.717) is 29.9 Å². The number of anilines is 1. The van der Waals surface area contributed by atoms with Gasteiger partial charge in [0.05, 0.1) is 0 Å². The summed E-state index contributed by atoms with van der Waals surface area (Å²) in [7, 11) is 0. The average Bonchev–Trinajstić information content (AvgIpc) is 3.37. The van der Waals surface area contributed by atoms with Crippen molar-refractivity contribution in [1.82, 2.24) is 19.4 Å². The number of amides is 1. The smallest absolute Gasteiger partial charge is 0.263 e. The standard InChI is InChI=1S/C23H27N5O2/c29-21(26-12-16-3-1-4-17(16)13-26)19-5-6-20-18-9-15(11-28(20)22(19)30)10-27(14-18)23-24-7-2-8-25-23/h2,5-8,15-18H,1,3-4,9-14H2/t15-,16-,17+,18+/m0/s1. The van der Waals surface area contributed by atoms with Crippen LogP contribution in [0.5, 0.6) is 0 Å². The molecule has 0 radical (unpaired) electrons. The van der Waals surface area contributed by atoms with Crippen LogP contribution in [0.15, 0.2) is 35.4 Å². The maximum atomic E-state index is 13.3. The zero-order chi connectivity index (χ0) is 20.2. The van der Waals surface area contributed by atoms with E-state index in [2.05, 4.69) is 14.9 Å². The molecule has 2 aromatic heterocycles. The summed E-state index contributed by atoms with van der Waals surface area (Å²) in [4.78, 5) is 39.4. The van der Waals surface area contributed by atoms with Gasteiger partial charge in [-0.15, -0.1) is 0 Å². The lowest BCUT2D eigenvalue weighted by molar-refractivity contribution is 0.0777. The molecule has 3 fully saturated rings. The second-order valence-electron chi connectivity index (χ2n) is 9.50. The predicted octanol–water partition coefficient (Wildman–Crippen LogP) is 2.13. The highest BCUT2D eigenvalue weighted by Gasteiger charge is 2.40. The normalized spacial score (nSPS) is 29.6. The van der Waals surface area contributed by atoms with Crippen molar-refractivity contribution in [3.63, 3.8) is 0 Å². The Hall–Kier alpha value is -2.70. The second kappa shape index (κ2) is 6.93. The van der Waals surface area contributed by atoms with Crippen molar-refractivity contribution in [3.05, 3.63) is 52.2 Å². The van der Waals surface area contributed by atoms with Crippen molar-refractivity contribution in [2.75, 3.05) is 31.1 Å². The Morgan fingerprint density at radius 3 is 2.50 bits per heavy atom. The van der Waals surface area contributed by atoms with Crippen molar-refractivity contribution in [2.24, 2.45) is 17.8 Å². The highest BCUT2D eigenvalue weighted by Crippen LogP contribution is 2.39. The van der Waals surface area contributed by atoms with Crippen LogP contribution in [0.1, 0.15) is 47.7 Å². The van der Waals surface area contributed by atoms with Crippen LogP contribution in [0, 0.1) is 17.8 Å². The van der Waals surface area contributed by atoms with Crippen LogP contribution >= 0.6 is 0 Å². The van der Waals surface area contributed by atoms with Crippen molar-refractivity contribution >= 4 is 11.9 Å². The van der Waals surface area contributed by atoms with Gasteiger partial charge in [-0.2, -0.15) is 0 Å².